The summed E-state index contributed by atoms with van der Waals surface area (Å²) in [6.07, 6.45) is 6.58. The molecule has 2 atom stereocenters. The number of nitrogens with one attached hydrogen (secondary N) is 2. The lowest BCUT2D eigenvalue weighted by Crippen LogP contribution is -2.41. The van der Waals surface area contributed by atoms with E-state index in [2.05, 4.69) is 58.0 Å². The van der Waals surface area contributed by atoms with Gasteiger partial charge in [0.15, 0.2) is 0 Å². The zero-order chi connectivity index (χ0) is 22.9. The lowest BCUT2D eigenvalue weighted by atomic mass is 9.96. The molecule has 4 aromatic rings. The third-order valence-corrected chi connectivity index (χ3v) is 6.54. The average molecular weight is 443 g/mol. The molecule has 0 aliphatic carbocycles. The maximum Gasteiger partial charge on any atom is 0.255 e. The molecular weight excluding hydrogens is 412 g/mol. The molecule has 1 amide bonds. The van der Waals surface area contributed by atoms with Crippen molar-refractivity contribution < 1.29 is 9.90 Å². The molecule has 1 saturated heterocycles. The fourth-order valence-electron chi connectivity index (χ4n) is 4.66. The van der Waals surface area contributed by atoms with E-state index in [1.165, 1.54) is 5.56 Å². The number of carbonyl (C=O) groups excluding carboxylic acids is 1. The first kappa shape index (κ1) is 21.5. The van der Waals surface area contributed by atoms with Gasteiger partial charge in [0.05, 0.1) is 6.10 Å². The predicted molar refractivity (Wildman–Crippen MR) is 132 cm³/mol. The summed E-state index contributed by atoms with van der Waals surface area (Å²) in [5, 5.41) is 14.3. The molecule has 1 aliphatic heterocycles. The Kier molecular flexibility index (Phi) is 5.79. The van der Waals surface area contributed by atoms with Crippen molar-refractivity contribution in [1.29, 1.82) is 0 Å². The highest BCUT2D eigenvalue weighted by atomic mass is 16.3. The largest absolute Gasteiger partial charge is 0.393 e. The number of hydrogen-bond acceptors (Lipinski definition) is 3. The summed E-state index contributed by atoms with van der Waals surface area (Å²) in [6.45, 7) is 6.69. The van der Waals surface area contributed by atoms with Crippen molar-refractivity contribution in [3.05, 3.63) is 83.8 Å². The van der Waals surface area contributed by atoms with Crippen LogP contribution in [0.3, 0.4) is 0 Å². The molecule has 1 aliphatic rings. The molecule has 33 heavy (non-hydrogen) atoms. The van der Waals surface area contributed by atoms with Crippen LogP contribution in [0, 0.1) is 12.8 Å². The van der Waals surface area contributed by atoms with Crippen molar-refractivity contribution in [2.24, 2.45) is 5.92 Å². The first-order valence-electron chi connectivity index (χ1n) is 11.5. The van der Waals surface area contributed by atoms with E-state index in [0.29, 0.717) is 5.56 Å². The van der Waals surface area contributed by atoms with Crippen molar-refractivity contribution >= 4 is 22.5 Å². The van der Waals surface area contributed by atoms with Gasteiger partial charge in [-0.25, -0.2) is 0 Å². The summed E-state index contributed by atoms with van der Waals surface area (Å²) in [7, 11) is 0. The van der Waals surface area contributed by atoms with Gasteiger partial charge in [0, 0.05) is 60.7 Å². The highest BCUT2D eigenvalue weighted by Crippen LogP contribution is 2.24. The van der Waals surface area contributed by atoms with Crippen LogP contribution in [-0.4, -0.2) is 44.7 Å². The number of amides is 1. The summed E-state index contributed by atoms with van der Waals surface area (Å²) in [5.41, 5.74) is 5.67. The van der Waals surface area contributed by atoms with Crippen molar-refractivity contribution in [3.8, 4) is 5.69 Å². The molecule has 0 radical (unpaired) electrons. The molecule has 0 saturated carbocycles. The number of aliphatic hydroxyl groups excluding tert-OH is 1. The van der Waals surface area contributed by atoms with E-state index in [0.717, 1.165) is 53.9 Å². The molecular formula is C27H30N4O2. The molecule has 0 bridgehead atoms. The van der Waals surface area contributed by atoms with E-state index in [-0.39, 0.29) is 17.9 Å². The topological polar surface area (TPSA) is 73.3 Å². The lowest BCUT2D eigenvalue weighted by Gasteiger charge is -2.34. The van der Waals surface area contributed by atoms with Crippen LogP contribution in [0.2, 0.25) is 0 Å². The smallest absolute Gasteiger partial charge is 0.255 e. The highest BCUT2D eigenvalue weighted by Gasteiger charge is 2.24. The van der Waals surface area contributed by atoms with Crippen LogP contribution in [0.15, 0.2) is 67.1 Å². The quantitative estimate of drug-likeness (QED) is 0.419. The van der Waals surface area contributed by atoms with Gasteiger partial charge in [0.1, 0.15) is 0 Å². The van der Waals surface area contributed by atoms with Crippen LogP contribution in [0.4, 0.5) is 5.69 Å². The van der Waals surface area contributed by atoms with E-state index < -0.39 is 0 Å². The number of aromatic nitrogens is 2. The van der Waals surface area contributed by atoms with Gasteiger partial charge in [-0.15, -0.1) is 0 Å². The fourth-order valence-corrected chi connectivity index (χ4v) is 4.66. The van der Waals surface area contributed by atoms with Crippen molar-refractivity contribution in [2.75, 3.05) is 18.4 Å². The number of aromatic amines is 1. The molecule has 2 aromatic heterocycles. The van der Waals surface area contributed by atoms with Gasteiger partial charge in [-0.05, 0) is 78.2 Å². The number of carbonyl (C=O) groups is 1. The summed E-state index contributed by atoms with van der Waals surface area (Å²) < 4.78 is 2.09. The number of likely N-dealkylation sites (tertiary alicyclic amines) is 1. The zero-order valence-corrected chi connectivity index (χ0v) is 19.1. The molecule has 2 unspecified atom stereocenters. The second kappa shape index (κ2) is 8.89. The van der Waals surface area contributed by atoms with Gasteiger partial charge in [-0.3, -0.25) is 9.69 Å². The normalized spacial score (nSPS) is 19.1. The minimum absolute atomic E-state index is 0.131. The van der Waals surface area contributed by atoms with Crippen molar-refractivity contribution in [1.82, 2.24) is 14.5 Å². The number of anilines is 1. The molecule has 6 nitrogen and oxygen atoms in total. The number of benzene rings is 2. The summed E-state index contributed by atoms with van der Waals surface area (Å²) >= 11 is 0. The van der Waals surface area contributed by atoms with Crippen LogP contribution < -0.4 is 5.32 Å². The van der Waals surface area contributed by atoms with Gasteiger partial charge in [0.2, 0.25) is 0 Å². The van der Waals surface area contributed by atoms with Crippen molar-refractivity contribution in [2.45, 2.75) is 32.9 Å². The van der Waals surface area contributed by atoms with Crippen LogP contribution in [0.25, 0.3) is 16.6 Å². The van der Waals surface area contributed by atoms with E-state index in [1.54, 1.807) is 0 Å². The third kappa shape index (κ3) is 4.72. The van der Waals surface area contributed by atoms with Crippen LogP contribution in [0.1, 0.15) is 34.8 Å². The lowest BCUT2D eigenvalue weighted by molar-refractivity contribution is 0.0320. The van der Waals surface area contributed by atoms with Crippen LogP contribution in [0.5, 0.6) is 0 Å². The number of hydrogen-bond donors (Lipinski definition) is 3. The fraction of sp³-hybridized carbons (Fsp3) is 0.296. The van der Waals surface area contributed by atoms with Crippen LogP contribution >= 0.6 is 0 Å². The maximum atomic E-state index is 13.0. The molecule has 1 fully saturated rings. The number of piperidine rings is 1. The highest BCUT2D eigenvalue weighted by molar-refractivity contribution is 6.06. The van der Waals surface area contributed by atoms with Gasteiger partial charge < -0.3 is 20.0 Å². The minimum Gasteiger partial charge on any atom is -0.393 e. The summed E-state index contributed by atoms with van der Waals surface area (Å²) in [4.78, 5) is 18.6. The number of aliphatic hydroxyl groups is 1. The van der Waals surface area contributed by atoms with E-state index in [4.69, 9.17) is 0 Å². The molecule has 3 N–H and O–H groups in total. The Morgan fingerprint density at radius 3 is 2.85 bits per heavy atom. The molecule has 2 aromatic carbocycles. The number of nitrogens with zero attached hydrogens (tertiary/aromatic N) is 2. The second-order valence-corrected chi connectivity index (χ2v) is 9.29. The Hall–Kier alpha value is -3.35. The van der Waals surface area contributed by atoms with E-state index in [1.807, 2.05) is 42.7 Å². The van der Waals surface area contributed by atoms with Gasteiger partial charge in [-0.2, -0.15) is 0 Å². The van der Waals surface area contributed by atoms with Gasteiger partial charge in [0.25, 0.3) is 5.91 Å². The van der Waals surface area contributed by atoms with Crippen LogP contribution in [-0.2, 0) is 6.54 Å². The Balaban J connectivity index is 1.42. The second-order valence-electron chi connectivity index (χ2n) is 9.29. The summed E-state index contributed by atoms with van der Waals surface area (Å²) in [5.74, 6) is 0.129. The predicted octanol–water partition coefficient (Wildman–Crippen LogP) is 4.72. The average Bonchev–Trinajstić information content (AvgIpc) is 3.44. The Bertz CT molecular complexity index is 1290. The van der Waals surface area contributed by atoms with E-state index >= 15 is 0 Å². The first-order chi connectivity index (χ1) is 15.9. The molecule has 6 heteroatoms. The number of H-pyrrole nitrogens is 1. The minimum atomic E-state index is -0.220. The Labute approximate surface area is 193 Å². The van der Waals surface area contributed by atoms with Gasteiger partial charge in [-0.1, -0.05) is 13.0 Å². The standard InChI is InChI=1S/C27H30N4O2/c1-18-6-10-31(15-18)24-12-20(17-30-9-7-26(32)19(2)16-30)11-23(14-24)29-27(33)22-4-3-21-5-8-28-25(21)13-22/h3-6,8,10-15,19,26,28,32H,7,9,16-17H2,1-2H3,(H,29,33). The SMILES string of the molecule is Cc1ccn(-c2cc(CN3CCC(O)C(C)C3)cc(NC(=O)c3ccc4cc[nH]c4c3)c2)c1. The Morgan fingerprint density at radius 2 is 2.06 bits per heavy atom. The molecule has 3 heterocycles. The molecule has 0 spiro atoms. The summed E-state index contributed by atoms with van der Waals surface area (Å²) in [6, 6.07) is 16.0. The molecule has 170 valence electrons. The monoisotopic (exact) mass is 442 g/mol. The number of rotatable bonds is 5. The maximum absolute atomic E-state index is 13.0. The van der Waals surface area contributed by atoms with Crippen molar-refractivity contribution in [3.63, 3.8) is 0 Å². The Morgan fingerprint density at radius 1 is 1.18 bits per heavy atom. The molecule has 5 rings (SSSR count). The first-order valence-corrected chi connectivity index (χ1v) is 11.5. The number of aryl methyl sites for hydroxylation is 1. The third-order valence-electron chi connectivity index (χ3n) is 6.54. The zero-order valence-electron chi connectivity index (χ0n) is 19.1. The van der Waals surface area contributed by atoms with Gasteiger partial charge >= 0.3 is 0 Å². The number of fused-ring (bicyclic) bond motifs is 1. The van der Waals surface area contributed by atoms with E-state index in [9.17, 15) is 9.90 Å².